The van der Waals surface area contributed by atoms with Crippen LogP contribution in [0.4, 0.5) is 8.78 Å². The lowest BCUT2D eigenvalue weighted by Crippen LogP contribution is -2.16. The lowest BCUT2D eigenvalue weighted by Gasteiger charge is -2.06. The summed E-state index contributed by atoms with van der Waals surface area (Å²) in [7, 11) is 0. The molecule has 1 aliphatic carbocycles. The summed E-state index contributed by atoms with van der Waals surface area (Å²) in [6.07, 6.45) is 2.40. The van der Waals surface area contributed by atoms with Crippen LogP contribution >= 0.6 is 0 Å². The Hall–Kier alpha value is -2.08. The van der Waals surface area contributed by atoms with Gasteiger partial charge in [0.2, 0.25) is 11.7 Å². The number of hydrogen-bond acceptors (Lipinski definition) is 4. The average Bonchev–Trinajstić information content (AvgIpc) is 3.27. The summed E-state index contributed by atoms with van der Waals surface area (Å²) in [6.45, 7) is 0.645. The van der Waals surface area contributed by atoms with Crippen molar-refractivity contribution in [1.29, 1.82) is 0 Å². The molecule has 1 fully saturated rings. The van der Waals surface area contributed by atoms with Crippen LogP contribution in [0.3, 0.4) is 0 Å². The molecule has 0 unspecified atom stereocenters. The molecule has 1 saturated carbocycles. The van der Waals surface area contributed by atoms with Gasteiger partial charge in [-0.05, 0) is 31.0 Å². The van der Waals surface area contributed by atoms with Crippen molar-refractivity contribution in [2.75, 3.05) is 0 Å². The van der Waals surface area contributed by atoms with Crippen LogP contribution in [0.25, 0.3) is 0 Å². The van der Waals surface area contributed by atoms with Crippen LogP contribution in [0, 0.1) is 11.6 Å². The molecule has 6 heteroatoms. The summed E-state index contributed by atoms with van der Waals surface area (Å²) >= 11 is 0. The lowest BCUT2D eigenvalue weighted by atomic mass is 10.3. The second-order valence-corrected chi connectivity index (χ2v) is 4.67. The highest BCUT2D eigenvalue weighted by Crippen LogP contribution is 2.24. The number of aromatic nitrogens is 2. The highest BCUT2D eigenvalue weighted by Gasteiger charge is 2.20. The maximum absolute atomic E-state index is 13.4. The first kappa shape index (κ1) is 12.9. The van der Waals surface area contributed by atoms with Gasteiger partial charge in [-0.1, -0.05) is 6.07 Å². The van der Waals surface area contributed by atoms with E-state index in [-0.39, 0.29) is 11.6 Å². The third kappa shape index (κ3) is 3.08. The monoisotopic (exact) mass is 277 g/mol. The van der Waals surface area contributed by atoms with Crippen LogP contribution < -0.4 is 10.1 Å². The van der Waals surface area contributed by atoms with Crippen molar-refractivity contribution < 1.29 is 13.5 Å². The van der Waals surface area contributed by atoms with E-state index in [2.05, 4.69) is 15.5 Å². The van der Waals surface area contributed by atoms with E-state index in [1.807, 2.05) is 0 Å². The van der Waals surface area contributed by atoms with Gasteiger partial charge >= 0.3 is 0 Å². The fraction of sp³-hybridized carbons (Fsp3) is 0.286. The van der Waals surface area contributed by atoms with Gasteiger partial charge in [-0.3, -0.25) is 0 Å². The first-order valence-corrected chi connectivity index (χ1v) is 6.40. The van der Waals surface area contributed by atoms with E-state index in [9.17, 15) is 8.78 Å². The average molecular weight is 277 g/mol. The third-order valence-electron chi connectivity index (χ3n) is 2.98. The Kier molecular flexibility index (Phi) is 3.56. The first-order valence-electron chi connectivity index (χ1n) is 6.40. The quantitative estimate of drug-likeness (QED) is 0.913. The van der Waals surface area contributed by atoms with Crippen molar-refractivity contribution >= 4 is 0 Å². The second-order valence-electron chi connectivity index (χ2n) is 4.67. The highest BCUT2D eigenvalue weighted by atomic mass is 19.2. The molecule has 2 aromatic rings. The standard InChI is InChI=1S/C14H13F2N3O/c15-11-2-1-3-12(14(11)16)20-13-7-6-10(18-19-13)8-17-9-4-5-9/h1-3,6-7,9,17H,4-5,8H2. The second kappa shape index (κ2) is 5.50. The topological polar surface area (TPSA) is 47.0 Å². The zero-order chi connectivity index (χ0) is 13.9. The number of benzene rings is 1. The lowest BCUT2D eigenvalue weighted by molar-refractivity contribution is 0.400. The molecular weight excluding hydrogens is 264 g/mol. The van der Waals surface area contributed by atoms with Crippen molar-refractivity contribution in [3.05, 3.63) is 47.7 Å². The molecule has 0 saturated heterocycles. The Balaban J connectivity index is 1.66. The summed E-state index contributed by atoms with van der Waals surface area (Å²) in [4.78, 5) is 0. The van der Waals surface area contributed by atoms with Crippen LogP contribution in [0.15, 0.2) is 30.3 Å². The van der Waals surface area contributed by atoms with Crippen LogP contribution in [-0.4, -0.2) is 16.2 Å². The molecule has 104 valence electrons. The largest absolute Gasteiger partial charge is 0.434 e. The molecule has 0 amide bonds. The number of hydrogen-bond donors (Lipinski definition) is 1. The molecule has 1 heterocycles. The maximum atomic E-state index is 13.4. The van der Waals surface area contributed by atoms with E-state index in [1.165, 1.54) is 25.0 Å². The van der Waals surface area contributed by atoms with Gasteiger partial charge < -0.3 is 10.1 Å². The zero-order valence-electron chi connectivity index (χ0n) is 10.6. The Bertz CT molecular complexity index is 600. The number of nitrogens with zero attached hydrogens (tertiary/aromatic N) is 2. The van der Waals surface area contributed by atoms with Gasteiger partial charge in [0, 0.05) is 18.7 Å². The van der Waals surface area contributed by atoms with Gasteiger partial charge in [-0.2, -0.15) is 9.49 Å². The minimum absolute atomic E-state index is 0.129. The summed E-state index contributed by atoms with van der Waals surface area (Å²) in [5, 5.41) is 11.1. The summed E-state index contributed by atoms with van der Waals surface area (Å²) < 4.78 is 31.6. The number of nitrogens with one attached hydrogen (secondary N) is 1. The van der Waals surface area contributed by atoms with Crippen molar-refractivity contribution in [3.8, 4) is 11.6 Å². The van der Waals surface area contributed by atoms with Crippen LogP contribution in [-0.2, 0) is 6.54 Å². The van der Waals surface area contributed by atoms with Gasteiger partial charge in [-0.25, -0.2) is 4.39 Å². The molecule has 3 rings (SSSR count). The molecule has 0 aliphatic heterocycles. The van der Waals surface area contributed by atoms with Gasteiger partial charge in [0.25, 0.3) is 0 Å². The van der Waals surface area contributed by atoms with Gasteiger partial charge in [0.1, 0.15) is 0 Å². The highest BCUT2D eigenvalue weighted by molar-refractivity contribution is 5.29. The van der Waals surface area contributed by atoms with Gasteiger partial charge in [-0.15, -0.1) is 5.10 Å². The first-order chi connectivity index (χ1) is 9.72. The Labute approximate surface area is 114 Å². The normalized spacial score (nSPS) is 14.3. The molecule has 0 spiro atoms. The Morgan fingerprint density at radius 1 is 1.15 bits per heavy atom. The number of halogens is 2. The van der Waals surface area contributed by atoms with Crippen LogP contribution in [0.2, 0.25) is 0 Å². The van der Waals surface area contributed by atoms with Crippen molar-refractivity contribution in [1.82, 2.24) is 15.5 Å². The minimum Gasteiger partial charge on any atom is -0.434 e. The van der Waals surface area contributed by atoms with E-state index in [1.54, 1.807) is 12.1 Å². The third-order valence-corrected chi connectivity index (χ3v) is 2.98. The number of ether oxygens (including phenoxy) is 1. The SMILES string of the molecule is Fc1cccc(Oc2ccc(CNC3CC3)nn2)c1F. The fourth-order valence-electron chi connectivity index (χ4n) is 1.71. The molecule has 4 nitrogen and oxygen atoms in total. The molecule has 1 N–H and O–H groups in total. The number of rotatable bonds is 5. The zero-order valence-corrected chi connectivity index (χ0v) is 10.6. The van der Waals surface area contributed by atoms with Crippen molar-refractivity contribution in [2.45, 2.75) is 25.4 Å². The molecule has 0 bridgehead atoms. The van der Waals surface area contributed by atoms with Crippen molar-refractivity contribution in [3.63, 3.8) is 0 Å². The smallest absolute Gasteiger partial charge is 0.239 e. The van der Waals surface area contributed by atoms with E-state index < -0.39 is 11.6 Å². The predicted octanol–water partition coefficient (Wildman–Crippen LogP) is 2.80. The van der Waals surface area contributed by atoms with Crippen molar-refractivity contribution in [2.24, 2.45) is 0 Å². The molecule has 0 radical (unpaired) electrons. The molecular formula is C14H13F2N3O. The molecule has 1 aliphatic rings. The Morgan fingerprint density at radius 2 is 2.00 bits per heavy atom. The van der Waals surface area contributed by atoms with Crippen LogP contribution in [0.1, 0.15) is 18.5 Å². The van der Waals surface area contributed by atoms with E-state index in [0.717, 1.165) is 11.8 Å². The van der Waals surface area contributed by atoms with Gasteiger partial charge in [0.15, 0.2) is 11.6 Å². The van der Waals surface area contributed by atoms with E-state index >= 15 is 0 Å². The van der Waals surface area contributed by atoms with E-state index in [4.69, 9.17) is 4.74 Å². The summed E-state index contributed by atoms with van der Waals surface area (Å²) in [6, 6.07) is 7.66. The molecule has 20 heavy (non-hydrogen) atoms. The van der Waals surface area contributed by atoms with E-state index in [0.29, 0.717) is 12.6 Å². The van der Waals surface area contributed by atoms with Gasteiger partial charge in [0.05, 0.1) is 5.69 Å². The fourth-order valence-corrected chi connectivity index (χ4v) is 1.71. The summed E-state index contributed by atoms with van der Waals surface area (Å²) in [5.74, 6) is -2.07. The molecule has 1 aromatic carbocycles. The minimum atomic E-state index is -1.03. The maximum Gasteiger partial charge on any atom is 0.239 e. The Morgan fingerprint density at radius 3 is 2.70 bits per heavy atom. The van der Waals surface area contributed by atoms with Crippen LogP contribution in [0.5, 0.6) is 11.6 Å². The predicted molar refractivity (Wildman–Crippen MR) is 68.3 cm³/mol. The molecule has 1 aromatic heterocycles. The molecule has 0 atom stereocenters. The summed E-state index contributed by atoms with van der Waals surface area (Å²) in [5.41, 5.74) is 0.781.